The quantitative estimate of drug-likeness (QED) is 0.782. The largest absolute Gasteiger partial charge is 0.493 e. The van der Waals surface area contributed by atoms with E-state index in [1.54, 1.807) is 14.2 Å². The summed E-state index contributed by atoms with van der Waals surface area (Å²) in [6.07, 6.45) is 0.191. The number of nitrogens with one attached hydrogen (secondary N) is 1. The molecule has 0 aromatic heterocycles. The van der Waals surface area contributed by atoms with Crippen LogP contribution in [0.4, 0.5) is 0 Å². The van der Waals surface area contributed by atoms with Crippen LogP contribution in [0.2, 0.25) is 0 Å². The summed E-state index contributed by atoms with van der Waals surface area (Å²) in [4.78, 5) is 0. The van der Waals surface area contributed by atoms with Gasteiger partial charge in [0, 0.05) is 12.6 Å². The number of hydrogen-bond acceptors (Lipinski definition) is 4. The van der Waals surface area contributed by atoms with Crippen LogP contribution in [0.5, 0.6) is 17.2 Å². The number of ether oxygens (including phenoxy) is 3. The maximum atomic E-state index is 5.68. The van der Waals surface area contributed by atoms with Crippen molar-refractivity contribution in [3.63, 3.8) is 0 Å². The van der Waals surface area contributed by atoms with Crippen LogP contribution in [-0.2, 0) is 6.54 Å². The lowest BCUT2D eigenvalue weighted by molar-refractivity contribution is 0.242. The summed E-state index contributed by atoms with van der Waals surface area (Å²) in [5.41, 5.74) is 2.38. The zero-order valence-electron chi connectivity index (χ0n) is 15.1. The molecule has 2 aromatic carbocycles. The monoisotopic (exact) mass is 329 g/mol. The van der Waals surface area contributed by atoms with Gasteiger partial charge in [-0.1, -0.05) is 18.2 Å². The Hall–Kier alpha value is -2.20. The highest BCUT2D eigenvalue weighted by Gasteiger charge is 2.08. The Morgan fingerprint density at radius 2 is 1.54 bits per heavy atom. The molecule has 4 heteroatoms. The van der Waals surface area contributed by atoms with Gasteiger partial charge >= 0.3 is 0 Å². The molecule has 1 atom stereocenters. The van der Waals surface area contributed by atoms with Crippen LogP contribution in [0, 0.1) is 0 Å². The van der Waals surface area contributed by atoms with Crippen LogP contribution >= 0.6 is 0 Å². The average molecular weight is 329 g/mol. The molecule has 4 nitrogen and oxygen atoms in total. The summed E-state index contributed by atoms with van der Waals surface area (Å²) in [5.74, 6) is 2.40. The molecule has 2 rings (SSSR count). The Kier molecular flexibility index (Phi) is 6.50. The molecule has 0 saturated heterocycles. The van der Waals surface area contributed by atoms with E-state index in [9.17, 15) is 0 Å². The van der Waals surface area contributed by atoms with E-state index < -0.39 is 0 Å². The molecule has 0 aliphatic heterocycles. The van der Waals surface area contributed by atoms with Gasteiger partial charge < -0.3 is 19.5 Å². The van der Waals surface area contributed by atoms with Crippen LogP contribution in [0.15, 0.2) is 42.5 Å². The summed E-state index contributed by atoms with van der Waals surface area (Å²) in [7, 11) is 3.29. The van der Waals surface area contributed by atoms with Gasteiger partial charge in [-0.2, -0.15) is 0 Å². The molecule has 0 bridgehead atoms. The predicted molar refractivity (Wildman–Crippen MR) is 97.0 cm³/mol. The first-order chi connectivity index (χ1) is 11.5. The highest BCUT2D eigenvalue weighted by Crippen LogP contribution is 2.27. The van der Waals surface area contributed by atoms with Crippen LogP contribution in [0.3, 0.4) is 0 Å². The summed E-state index contributed by atoms with van der Waals surface area (Å²) < 4.78 is 16.3. The lowest BCUT2D eigenvalue weighted by atomic mass is 10.1. The zero-order chi connectivity index (χ0) is 17.5. The Morgan fingerprint density at radius 3 is 2.12 bits per heavy atom. The number of hydrogen-bond donors (Lipinski definition) is 1. The van der Waals surface area contributed by atoms with E-state index in [4.69, 9.17) is 14.2 Å². The fraction of sp³-hybridized carbons (Fsp3) is 0.400. The Morgan fingerprint density at radius 1 is 0.875 bits per heavy atom. The first-order valence-corrected chi connectivity index (χ1v) is 8.24. The predicted octanol–water partition coefficient (Wildman–Crippen LogP) is 4.34. The molecule has 130 valence electrons. The van der Waals surface area contributed by atoms with Crippen LogP contribution < -0.4 is 19.5 Å². The number of rotatable bonds is 8. The van der Waals surface area contributed by atoms with E-state index in [-0.39, 0.29) is 12.1 Å². The molecule has 0 aliphatic rings. The van der Waals surface area contributed by atoms with E-state index in [0.29, 0.717) is 0 Å². The molecule has 0 saturated carbocycles. The summed E-state index contributed by atoms with van der Waals surface area (Å²) in [6.45, 7) is 6.97. The van der Waals surface area contributed by atoms with Gasteiger partial charge in [0.25, 0.3) is 0 Å². The lowest BCUT2D eigenvalue weighted by Crippen LogP contribution is -2.18. The molecule has 1 unspecified atom stereocenters. The van der Waals surface area contributed by atoms with Crippen molar-refractivity contribution in [3.8, 4) is 17.2 Å². The molecule has 24 heavy (non-hydrogen) atoms. The van der Waals surface area contributed by atoms with Crippen molar-refractivity contribution in [1.82, 2.24) is 5.32 Å². The average Bonchev–Trinajstić information content (AvgIpc) is 2.59. The minimum atomic E-state index is 0.191. The molecule has 1 N–H and O–H groups in total. The fourth-order valence-electron chi connectivity index (χ4n) is 2.49. The normalized spacial score (nSPS) is 12.1. The second kappa shape index (κ2) is 8.60. The zero-order valence-corrected chi connectivity index (χ0v) is 15.1. The Bertz CT molecular complexity index is 638. The van der Waals surface area contributed by atoms with Gasteiger partial charge in [0.1, 0.15) is 5.75 Å². The van der Waals surface area contributed by atoms with Crippen molar-refractivity contribution < 1.29 is 14.2 Å². The highest BCUT2D eigenvalue weighted by molar-refractivity contribution is 5.42. The first kappa shape index (κ1) is 18.1. The van der Waals surface area contributed by atoms with Crippen molar-refractivity contribution in [2.75, 3.05) is 14.2 Å². The molecule has 0 amide bonds. The Balaban J connectivity index is 1.96. The second-order valence-corrected chi connectivity index (χ2v) is 6.03. The molecule has 0 spiro atoms. The maximum absolute atomic E-state index is 5.68. The van der Waals surface area contributed by atoms with Crippen LogP contribution in [0.1, 0.15) is 37.9 Å². The molecule has 0 fully saturated rings. The summed E-state index contributed by atoms with van der Waals surface area (Å²) in [5, 5.41) is 3.53. The van der Waals surface area contributed by atoms with Crippen LogP contribution in [-0.4, -0.2) is 20.3 Å². The number of benzene rings is 2. The number of methoxy groups -OCH3 is 2. The first-order valence-electron chi connectivity index (χ1n) is 8.24. The smallest absolute Gasteiger partial charge is 0.161 e. The molecule has 0 aliphatic carbocycles. The van der Waals surface area contributed by atoms with Gasteiger partial charge in [0.2, 0.25) is 0 Å². The fourth-order valence-corrected chi connectivity index (χ4v) is 2.49. The minimum absolute atomic E-state index is 0.191. The maximum Gasteiger partial charge on any atom is 0.161 e. The highest BCUT2D eigenvalue weighted by atomic mass is 16.5. The van der Waals surface area contributed by atoms with Gasteiger partial charge in [0.05, 0.1) is 20.3 Å². The van der Waals surface area contributed by atoms with Crippen LogP contribution in [0.25, 0.3) is 0 Å². The van der Waals surface area contributed by atoms with Crippen molar-refractivity contribution in [2.45, 2.75) is 39.5 Å². The van der Waals surface area contributed by atoms with Crippen molar-refractivity contribution in [1.29, 1.82) is 0 Å². The van der Waals surface area contributed by atoms with E-state index in [1.165, 1.54) is 5.56 Å². The van der Waals surface area contributed by atoms with Gasteiger partial charge in [-0.15, -0.1) is 0 Å². The third kappa shape index (κ3) is 4.90. The van der Waals surface area contributed by atoms with E-state index in [2.05, 4.69) is 24.4 Å². The lowest BCUT2D eigenvalue weighted by Gasteiger charge is -2.16. The van der Waals surface area contributed by atoms with Gasteiger partial charge in [-0.25, -0.2) is 0 Å². The van der Waals surface area contributed by atoms with Crippen molar-refractivity contribution >= 4 is 0 Å². The minimum Gasteiger partial charge on any atom is -0.493 e. The van der Waals surface area contributed by atoms with E-state index in [1.807, 2.05) is 44.2 Å². The molecular weight excluding hydrogens is 302 g/mol. The van der Waals surface area contributed by atoms with Crippen molar-refractivity contribution in [3.05, 3.63) is 53.6 Å². The second-order valence-electron chi connectivity index (χ2n) is 6.03. The summed E-state index contributed by atoms with van der Waals surface area (Å²) >= 11 is 0. The standard InChI is InChI=1S/C20H27NO3/c1-14(2)24-18-9-7-17(8-10-18)15(3)21-13-16-6-11-19(22-4)20(12-16)23-5/h6-12,14-15,21H,13H2,1-5H3. The molecule has 0 radical (unpaired) electrons. The van der Waals surface area contributed by atoms with Crippen molar-refractivity contribution in [2.24, 2.45) is 0 Å². The van der Waals surface area contributed by atoms with Gasteiger partial charge in [-0.3, -0.25) is 0 Å². The summed E-state index contributed by atoms with van der Waals surface area (Å²) in [6, 6.07) is 14.4. The van der Waals surface area contributed by atoms with Gasteiger partial charge in [-0.05, 0) is 56.2 Å². The third-order valence-corrected chi connectivity index (χ3v) is 3.81. The van der Waals surface area contributed by atoms with E-state index >= 15 is 0 Å². The topological polar surface area (TPSA) is 39.7 Å². The van der Waals surface area contributed by atoms with E-state index in [0.717, 1.165) is 29.4 Å². The third-order valence-electron chi connectivity index (χ3n) is 3.81. The Labute approximate surface area is 144 Å². The molecule has 2 aromatic rings. The molecular formula is C20H27NO3. The SMILES string of the molecule is COc1ccc(CNC(C)c2ccc(OC(C)C)cc2)cc1OC. The van der Waals surface area contributed by atoms with Gasteiger partial charge in [0.15, 0.2) is 11.5 Å². The molecule has 0 heterocycles.